The predicted molar refractivity (Wildman–Crippen MR) is 116 cm³/mol. The first-order valence-corrected chi connectivity index (χ1v) is 9.26. The molecule has 0 aliphatic heterocycles. The summed E-state index contributed by atoms with van der Waals surface area (Å²) in [6.45, 7) is 14.7. The Morgan fingerprint density at radius 1 is 1.07 bits per heavy atom. The van der Waals surface area contributed by atoms with Gasteiger partial charge in [0.1, 0.15) is 12.4 Å². The molecular formula is C24H30O5. The molecule has 0 unspecified atom stereocenters. The van der Waals surface area contributed by atoms with Gasteiger partial charge in [-0.1, -0.05) is 69.5 Å². The van der Waals surface area contributed by atoms with Crippen molar-refractivity contribution in [3.63, 3.8) is 0 Å². The van der Waals surface area contributed by atoms with Crippen LogP contribution in [-0.2, 0) is 25.7 Å². The molecule has 5 heteroatoms. The summed E-state index contributed by atoms with van der Waals surface area (Å²) >= 11 is 0. The zero-order valence-electron chi connectivity index (χ0n) is 17.3. The van der Waals surface area contributed by atoms with Crippen molar-refractivity contribution in [3.05, 3.63) is 91.4 Å². The second kappa shape index (κ2) is 16.8. The lowest BCUT2D eigenvalue weighted by molar-refractivity contribution is -0.140. The van der Waals surface area contributed by atoms with E-state index in [0.29, 0.717) is 17.9 Å². The molecule has 0 spiro atoms. The lowest BCUT2D eigenvalue weighted by Crippen LogP contribution is -2.04. The lowest BCUT2D eigenvalue weighted by atomic mass is 10.2. The molecule has 0 atom stereocenters. The van der Waals surface area contributed by atoms with Crippen LogP contribution in [0.5, 0.6) is 0 Å². The Bertz CT molecular complexity index is 730. The molecule has 2 rings (SSSR count). The van der Waals surface area contributed by atoms with Crippen LogP contribution in [0.15, 0.2) is 84.5 Å². The average molecular weight is 398 g/mol. The van der Waals surface area contributed by atoms with Gasteiger partial charge in [0, 0.05) is 11.6 Å². The van der Waals surface area contributed by atoms with Gasteiger partial charge in [-0.2, -0.15) is 0 Å². The normalized spacial score (nSPS) is 8.90. The highest BCUT2D eigenvalue weighted by molar-refractivity contribution is 5.86. The van der Waals surface area contributed by atoms with E-state index in [1.807, 2.05) is 43.3 Å². The number of furan rings is 1. The van der Waals surface area contributed by atoms with E-state index < -0.39 is 5.97 Å². The van der Waals surface area contributed by atoms with Gasteiger partial charge >= 0.3 is 11.9 Å². The Labute approximate surface area is 173 Å². The van der Waals surface area contributed by atoms with E-state index in [0.717, 1.165) is 12.8 Å². The maximum atomic E-state index is 10.9. The van der Waals surface area contributed by atoms with E-state index in [1.54, 1.807) is 19.1 Å². The summed E-state index contributed by atoms with van der Waals surface area (Å²) < 4.78 is 14.4. The van der Waals surface area contributed by atoms with E-state index in [2.05, 4.69) is 24.5 Å². The quantitative estimate of drug-likeness (QED) is 0.322. The van der Waals surface area contributed by atoms with E-state index in [9.17, 15) is 9.59 Å². The molecule has 29 heavy (non-hydrogen) atoms. The number of carbonyl (C=O) groups excluding carboxylic acids is 2. The van der Waals surface area contributed by atoms with E-state index >= 15 is 0 Å². The lowest BCUT2D eigenvalue weighted by Gasteiger charge is -2.00. The average Bonchev–Trinajstić information content (AvgIpc) is 3.27. The molecule has 5 nitrogen and oxygen atoms in total. The third-order valence-corrected chi connectivity index (χ3v) is 3.22. The number of esters is 2. The molecule has 156 valence electrons. The van der Waals surface area contributed by atoms with Gasteiger partial charge in [0.15, 0.2) is 0 Å². The van der Waals surface area contributed by atoms with Crippen molar-refractivity contribution in [3.8, 4) is 0 Å². The van der Waals surface area contributed by atoms with Crippen LogP contribution in [-0.4, -0.2) is 18.5 Å². The Balaban J connectivity index is 0.000000416. The van der Waals surface area contributed by atoms with Gasteiger partial charge in [0.25, 0.3) is 0 Å². The maximum Gasteiger partial charge on any atom is 0.333 e. The zero-order valence-corrected chi connectivity index (χ0v) is 17.3. The summed E-state index contributed by atoms with van der Waals surface area (Å²) in [7, 11) is 0. The number of hydrogen-bond donors (Lipinski definition) is 0. The van der Waals surface area contributed by atoms with Gasteiger partial charge in [-0.15, -0.1) is 0 Å². The van der Waals surface area contributed by atoms with Crippen LogP contribution in [0.3, 0.4) is 0 Å². The van der Waals surface area contributed by atoms with Crippen LogP contribution in [0.25, 0.3) is 6.08 Å². The highest BCUT2D eigenvalue weighted by atomic mass is 16.5. The van der Waals surface area contributed by atoms with Gasteiger partial charge in [0.05, 0.1) is 12.9 Å². The van der Waals surface area contributed by atoms with E-state index in [-0.39, 0.29) is 12.6 Å². The van der Waals surface area contributed by atoms with Crippen LogP contribution in [0, 0.1) is 0 Å². The minimum Gasteiger partial charge on any atom is -0.466 e. The second-order valence-corrected chi connectivity index (χ2v) is 5.78. The summed E-state index contributed by atoms with van der Waals surface area (Å²) in [4.78, 5) is 21.2. The predicted octanol–water partition coefficient (Wildman–Crippen LogP) is 5.74. The number of unbranched alkanes of at least 4 members (excludes halogenated alkanes) is 1. The maximum absolute atomic E-state index is 10.9. The van der Waals surface area contributed by atoms with Crippen molar-refractivity contribution >= 4 is 18.0 Å². The van der Waals surface area contributed by atoms with Crippen LogP contribution in [0.2, 0.25) is 0 Å². The Hall–Kier alpha value is -3.34. The van der Waals surface area contributed by atoms with Gasteiger partial charge in [0.2, 0.25) is 0 Å². The number of rotatable bonds is 8. The van der Waals surface area contributed by atoms with E-state index in [1.165, 1.54) is 17.9 Å². The molecule has 0 aliphatic rings. The Kier molecular flexibility index (Phi) is 14.9. The molecule has 0 aliphatic carbocycles. The molecular weight excluding hydrogens is 368 g/mol. The highest BCUT2D eigenvalue weighted by Gasteiger charge is 2.03. The van der Waals surface area contributed by atoms with Gasteiger partial charge in [-0.05, 0) is 31.0 Å². The fraction of sp³-hybridized carbons (Fsp3) is 0.250. The minimum absolute atomic E-state index is 0.165. The molecule has 0 radical (unpaired) electrons. The molecule has 1 aromatic carbocycles. The topological polar surface area (TPSA) is 65.7 Å². The summed E-state index contributed by atoms with van der Waals surface area (Å²) in [5, 5.41) is 0. The first-order valence-electron chi connectivity index (χ1n) is 9.26. The van der Waals surface area contributed by atoms with Crippen LogP contribution in [0.4, 0.5) is 0 Å². The smallest absolute Gasteiger partial charge is 0.333 e. The van der Waals surface area contributed by atoms with Crippen molar-refractivity contribution < 1.29 is 23.5 Å². The largest absolute Gasteiger partial charge is 0.466 e. The number of ether oxygens (including phenoxy) is 2. The summed E-state index contributed by atoms with van der Waals surface area (Å²) in [5.41, 5.74) is 1.56. The standard InChI is InChI=1S/C9H10O3.C8H8.C7H12O2/c1-7(2)9(10)12-6-8-4-3-5-11-8;1-2-8-6-4-3-5-7-8;1-3-5-6-9-7(8)4-2/h3-5H,1,6H2,2H3;2-7H,1H2;4H,2-3,5-6H2,1H3. The molecule has 0 bridgehead atoms. The van der Waals surface area contributed by atoms with Crippen LogP contribution < -0.4 is 0 Å². The van der Waals surface area contributed by atoms with Gasteiger partial charge in [-0.3, -0.25) is 0 Å². The summed E-state index contributed by atoms with van der Waals surface area (Å²) in [5.74, 6) is -0.0977. The molecule has 0 fully saturated rings. The zero-order chi connectivity index (χ0) is 21.9. The van der Waals surface area contributed by atoms with Crippen molar-refractivity contribution in [1.82, 2.24) is 0 Å². The molecule has 0 amide bonds. The fourth-order valence-electron chi connectivity index (χ4n) is 1.62. The first kappa shape index (κ1) is 25.7. The molecule has 2 aromatic rings. The van der Waals surface area contributed by atoms with Crippen LogP contribution in [0.1, 0.15) is 38.0 Å². The van der Waals surface area contributed by atoms with Gasteiger partial charge in [-0.25, -0.2) is 9.59 Å². The summed E-state index contributed by atoms with van der Waals surface area (Å²) in [6, 6.07) is 13.5. The molecule has 1 heterocycles. The minimum atomic E-state index is -0.397. The first-order chi connectivity index (χ1) is 13.9. The highest BCUT2D eigenvalue weighted by Crippen LogP contribution is 2.03. The van der Waals surface area contributed by atoms with Crippen molar-refractivity contribution in [2.45, 2.75) is 33.3 Å². The fourth-order valence-corrected chi connectivity index (χ4v) is 1.62. The van der Waals surface area contributed by atoms with Crippen LogP contribution >= 0.6 is 0 Å². The monoisotopic (exact) mass is 398 g/mol. The number of carbonyl (C=O) groups is 2. The molecule has 0 saturated carbocycles. The number of hydrogen-bond acceptors (Lipinski definition) is 5. The number of benzene rings is 1. The van der Waals surface area contributed by atoms with Crippen molar-refractivity contribution in [1.29, 1.82) is 0 Å². The van der Waals surface area contributed by atoms with Crippen molar-refractivity contribution in [2.75, 3.05) is 6.61 Å². The Morgan fingerprint density at radius 3 is 2.21 bits per heavy atom. The molecule has 0 saturated heterocycles. The Morgan fingerprint density at radius 2 is 1.76 bits per heavy atom. The summed E-state index contributed by atoms with van der Waals surface area (Å²) in [6.07, 6.45) is 6.52. The molecule has 1 aromatic heterocycles. The van der Waals surface area contributed by atoms with E-state index in [4.69, 9.17) is 9.15 Å². The third kappa shape index (κ3) is 14.4. The second-order valence-electron chi connectivity index (χ2n) is 5.78. The van der Waals surface area contributed by atoms with Gasteiger partial charge < -0.3 is 13.9 Å². The SMILES string of the molecule is C=C(C)C(=O)OCc1ccco1.C=CC(=O)OCCCC.C=Cc1ccccc1. The van der Waals surface area contributed by atoms with Crippen molar-refractivity contribution in [2.24, 2.45) is 0 Å². The molecule has 0 N–H and O–H groups in total. The third-order valence-electron chi connectivity index (χ3n) is 3.22.